The molecule has 2 aromatic carbocycles. The number of sulfonamides is 2. The lowest BCUT2D eigenvalue weighted by Crippen LogP contribution is -2.54. The molecule has 52 heavy (non-hydrogen) atoms. The van der Waals surface area contributed by atoms with Gasteiger partial charge >= 0.3 is 5.06 Å². The molecule has 1 amide bonds. The summed E-state index contributed by atoms with van der Waals surface area (Å²) in [6.45, 7) is 8.86. The number of unbranched alkanes of at least 4 members (excludes halogenated alkanes) is 14. The summed E-state index contributed by atoms with van der Waals surface area (Å²) in [5, 5.41) is 0.0666. The van der Waals surface area contributed by atoms with Crippen molar-refractivity contribution in [3.63, 3.8) is 0 Å². The van der Waals surface area contributed by atoms with Crippen LogP contribution in [0.2, 0.25) is 0 Å². The van der Waals surface area contributed by atoms with Crippen molar-refractivity contribution < 1.29 is 31.2 Å². The van der Waals surface area contributed by atoms with Crippen LogP contribution >= 0.6 is 11.6 Å². The Hall–Kier alpha value is -2.83. The predicted molar refractivity (Wildman–Crippen MR) is 215 cm³/mol. The smallest absolute Gasteiger partial charge is 0.320 e. The van der Waals surface area contributed by atoms with E-state index in [1.54, 1.807) is 51.1 Å². The van der Waals surface area contributed by atoms with Crippen LogP contribution in [0.15, 0.2) is 48.5 Å². The average molecular weight is 785 g/mol. The summed E-state index contributed by atoms with van der Waals surface area (Å²) in [7, 11) is -7.74. The molecule has 0 bridgehead atoms. The van der Waals surface area contributed by atoms with E-state index in [0.717, 1.165) is 25.7 Å². The van der Waals surface area contributed by atoms with Gasteiger partial charge in [0.05, 0.1) is 22.9 Å². The molecule has 0 aliphatic carbocycles. The second kappa shape index (κ2) is 22.4. The van der Waals surface area contributed by atoms with Crippen LogP contribution in [0, 0.1) is 5.41 Å². The minimum Gasteiger partial charge on any atom is -0.456 e. The molecule has 0 aliphatic heterocycles. The standard InChI is InChI=1S/C39H62ClN3O7S2/c1-6-8-10-11-12-13-14-15-16-17-18-19-20-24-30-52(48,49)42-34-28-27-33(31-35(34)43-51(46,47)29-9-7-2)50-39(40,36(44)38(3,4)5)37(45)41-32-25-22-21-23-26-32/h21-23,25-28,31,42-43H,6-20,24,29-30H2,1-5H3,(H,41,45). The number of amides is 1. The second-order valence-corrected chi connectivity index (χ2v) is 18.8. The third kappa shape index (κ3) is 16.9. The van der Waals surface area contributed by atoms with Crippen molar-refractivity contribution in [2.75, 3.05) is 26.3 Å². The highest BCUT2D eigenvalue weighted by Crippen LogP contribution is 2.36. The summed E-state index contributed by atoms with van der Waals surface area (Å²) in [5.74, 6) is -2.13. The summed E-state index contributed by atoms with van der Waals surface area (Å²) in [5.41, 5.74) is -0.864. The molecule has 2 rings (SSSR count). The van der Waals surface area contributed by atoms with Crippen LogP contribution < -0.4 is 19.5 Å². The van der Waals surface area contributed by atoms with Crippen molar-refractivity contribution in [3.05, 3.63) is 48.5 Å². The molecule has 0 aliphatic rings. The molecule has 3 N–H and O–H groups in total. The first-order chi connectivity index (χ1) is 24.5. The van der Waals surface area contributed by atoms with Gasteiger partial charge < -0.3 is 10.1 Å². The number of nitrogens with one attached hydrogen (secondary N) is 3. The van der Waals surface area contributed by atoms with Gasteiger partial charge in [-0.05, 0) is 37.1 Å². The van der Waals surface area contributed by atoms with Gasteiger partial charge in [-0.1, -0.05) is 154 Å². The topological polar surface area (TPSA) is 148 Å². The van der Waals surface area contributed by atoms with Crippen LogP contribution in [0.3, 0.4) is 0 Å². The van der Waals surface area contributed by atoms with E-state index in [-0.39, 0.29) is 28.6 Å². The molecule has 294 valence electrons. The zero-order valence-corrected chi connectivity index (χ0v) is 34.3. The Bertz CT molecular complexity index is 1600. The minimum absolute atomic E-state index is 0.0196. The van der Waals surface area contributed by atoms with E-state index in [2.05, 4.69) is 21.7 Å². The van der Waals surface area contributed by atoms with Crippen molar-refractivity contribution in [2.24, 2.45) is 5.41 Å². The second-order valence-electron chi connectivity index (χ2n) is 14.6. The lowest BCUT2D eigenvalue weighted by Gasteiger charge is -2.31. The maximum Gasteiger partial charge on any atom is 0.320 e. The number of alkyl halides is 1. The van der Waals surface area contributed by atoms with Crippen molar-refractivity contribution in [2.45, 2.75) is 142 Å². The third-order valence-electron chi connectivity index (χ3n) is 8.61. The maximum atomic E-state index is 13.6. The van der Waals surface area contributed by atoms with Gasteiger partial charge in [-0.3, -0.25) is 19.0 Å². The van der Waals surface area contributed by atoms with Gasteiger partial charge in [0.25, 0.3) is 5.91 Å². The average Bonchev–Trinajstić information content (AvgIpc) is 3.08. The fraction of sp³-hybridized carbons (Fsp3) is 0.641. The first-order valence-electron chi connectivity index (χ1n) is 19.0. The molecule has 2 aromatic rings. The normalized spacial score (nSPS) is 13.3. The van der Waals surface area contributed by atoms with Gasteiger partial charge in [-0.15, -0.1) is 0 Å². The fourth-order valence-corrected chi connectivity index (χ4v) is 8.49. The number of carbonyl (C=O) groups excluding carboxylic acids is 2. The fourth-order valence-electron chi connectivity index (χ4n) is 5.59. The van der Waals surface area contributed by atoms with Crippen molar-refractivity contribution in [1.82, 2.24) is 0 Å². The minimum atomic E-state index is -3.89. The number of carbonyl (C=O) groups is 2. The molecule has 1 atom stereocenters. The number of anilines is 3. The van der Waals surface area contributed by atoms with Crippen LogP contribution in [0.4, 0.5) is 17.1 Å². The number of rotatable bonds is 27. The Kier molecular flexibility index (Phi) is 19.5. The lowest BCUT2D eigenvalue weighted by molar-refractivity contribution is -0.144. The Balaban J connectivity index is 2.12. The number of benzene rings is 2. The first-order valence-corrected chi connectivity index (χ1v) is 22.7. The Morgan fingerprint density at radius 1 is 0.635 bits per heavy atom. The van der Waals surface area contributed by atoms with Gasteiger partial charge in [-0.2, -0.15) is 0 Å². The van der Waals surface area contributed by atoms with E-state index < -0.39 is 42.2 Å². The number of ketones is 1. The molecule has 0 saturated heterocycles. The highest BCUT2D eigenvalue weighted by molar-refractivity contribution is 7.93. The molecule has 0 radical (unpaired) electrons. The number of hydrogen-bond acceptors (Lipinski definition) is 7. The van der Waals surface area contributed by atoms with E-state index in [1.165, 1.54) is 76.0 Å². The summed E-state index contributed by atoms with van der Waals surface area (Å²) < 4.78 is 63.1. The Morgan fingerprint density at radius 3 is 1.60 bits per heavy atom. The lowest BCUT2D eigenvalue weighted by atomic mass is 9.86. The number of ether oxygens (including phenoxy) is 1. The van der Waals surface area contributed by atoms with Crippen LogP contribution in [0.1, 0.15) is 137 Å². The quantitative estimate of drug-likeness (QED) is 0.0464. The molecule has 0 aromatic heterocycles. The van der Waals surface area contributed by atoms with Crippen molar-refractivity contribution >= 4 is 60.4 Å². The number of halogens is 1. The Labute approximate surface area is 318 Å². The van der Waals surface area contributed by atoms with Gasteiger partial charge in [-0.25, -0.2) is 16.8 Å². The molecule has 1 unspecified atom stereocenters. The molecule has 0 spiro atoms. The van der Waals surface area contributed by atoms with Crippen LogP contribution in [0.25, 0.3) is 0 Å². The van der Waals surface area contributed by atoms with Crippen molar-refractivity contribution in [1.29, 1.82) is 0 Å². The van der Waals surface area contributed by atoms with Crippen LogP contribution in [-0.2, 0) is 29.6 Å². The molecular weight excluding hydrogens is 722 g/mol. The first kappa shape index (κ1) is 45.3. The van der Waals surface area contributed by atoms with E-state index >= 15 is 0 Å². The number of hydrogen-bond donors (Lipinski definition) is 3. The van der Waals surface area contributed by atoms with Gasteiger partial charge in [0, 0.05) is 17.2 Å². The summed E-state index contributed by atoms with van der Waals surface area (Å²) in [4.78, 5) is 27.1. The van der Waals surface area contributed by atoms with E-state index in [1.807, 2.05) is 6.92 Å². The van der Waals surface area contributed by atoms with E-state index in [0.29, 0.717) is 24.9 Å². The van der Waals surface area contributed by atoms with E-state index in [9.17, 15) is 26.4 Å². The van der Waals surface area contributed by atoms with Gasteiger partial charge in [0.2, 0.25) is 25.8 Å². The molecular formula is C39H62ClN3O7S2. The monoisotopic (exact) mass is 783 g/mol. The zero-order chi connectivity index (χ0) is 38.7. The largest absolute Gasteiger partial charge is 0.456 e. The zero-order valence-electron chi connectivity index (χ0n) is 31.9. The van der Waals surface area contributed by atoms with Crippen LogP contribution in [0.5, 0.6) is 5.75 Å². The van der Waals surface area contributed by atoms with Gasteiger partial charge in [0.15, 0.2) is 0 Å². The highest BCUT2D eigenvalue weighted by Gasteiger charge is 2.51. The summed E-state index contributed by atoms with van der Waals surface area (Å²) >= 11 is 6.73. The SMILES string of the molecule is CCCCCCCCCCCCCCCCS(=O)(=O)Nc1ccc(OC(Cl)(C(=O)Nc2ccccc2)C(=O)C(C)(C)C)cc1NS(=O)(=O)CCCC. The molecule has 0 heterocycles. The van der Waals surface area contributed by atoms with Crippen LogP contribution in [-0.4, -0.2) is 45.1 Å². The molecule has 10 nitrogen and oxygen atoms in total. The van der Waals surface area contributed by atoms with Crippen molar-refractivity contribution in [3.8, 4) is 5.75 Å². The number of Topliss-reactive ketones (excluding diaryl/α,β-unsaturated/α-hetero) is 1. The summed E-state index contributed by atoms with van der Waals surface area (Å²) in [6, 6.07) is 12.3. The third-order valence-corrected chi connectivity index (χ3v) is 11.7. The summed E-state index contributed by atoms with van der Waals surface area (Å²) in [6.07, 6.45) is 17.1. The molecule has 0 saturated carbocycles. The maximum absolute atomic E-state index is 13.6. The predicted octanol–water partition coefficient (Wildman–Crippen LogP) is 10.0. The number of para-hydroxylation sites is 1. The Morgan fingerprint density at radius 2 is 1.10 bits per heavy atom. The molecule has 0 fully saturated rings. The van der Waals surface area contributed by atoms with E-state index in [4.69, 9.17) is 16.3 Å². The highest BCUT2D eigenvalue weighted by atomic mass is 35.5. The molecule has 13 heteroatoms. The van der Waals surface area contributed by atoms with Gasteiger partial charge in [0.1, 0.15) is 5.75 Å².